The highest BCUT2D eigenvalue weighted by Crippen LogP contribution is 2.13. The molecule has 1 aromatic carbocycles. The molecule has 4 nitrogen and oxygen atoms in total. The lowest BCUT2D eigenvalue weighted by atomic mass is 9.98. The van der Waals surface area contributed by atoms with Gasteiger partial charge in [-0.15, -0.1) is 0 Å². The summed E-state index contributed by atoms with van der Waals surface area (Å²) in [6, 6.07) is 9.57. The SMILES string of the molecule is CN1CCCC(CNCC(=O)Nc2ccccc2)C1. The number of carbonyl (C=O) groups excluding carboxylic acids is 1. The summed E-state index contributed by atoms with van der Waals surface area (Å²) in [7, 11) is 2.16. The minimum atomic E-state index is 0.0235. The molecule has 1 aliphatic rings. The number of carbonyl (C=O) groups is 1. The molecule has 1 unspecified atom stereocenters. The van der Waals surface area contributed by atoms with E-state index in [1.807, 2.05) is 30.3 Å². The number of hydrogen-bond donors (Lipinski definition) is 2. The van der Waals surface area contributed by atoms with Gasteiger partial charge in [0.15, 0.2) is 0 Å². The minimum Gasteiger partial charge on any atom is -0.325 e. The Labute approximate surface area is 115 Å². The van der Waals surface area contributed by atoms with Crippen molar-refractivity contribution in [1.82, 2.24) is 10.2 Å². The third-order valence-corrected chi connectivity index (χ3v) is 3.50. The van der Waals surface area contributed by atoms with E-state index in [1.165, 1.54) is 19.4 Å². The molecule has 1 aliphatic heterocycles. The van der Waals surface area contributed by atoms with Crippen LogP contribution >= 0.6 is 0 Å². The Morgan fingerprint density at radius 1 is 1.37 bits per heavy atom. The zero-order valence-electron chi connectivity index (χ0n) is 11.6. The average Bonchev–Trinajstić information content (AvgIpc) is 2.40. The highest BCUT2D eigenvalue weighted by Gasteiger charge is 2.16. The molecular formula is C15H23N3O. The second kappa shape index (κ2) is 7.26. The third-order valence-electron chi connectivity index (χ3n) is 3.50. The molecule has 0 spiro atoms. The van der Waals surface area contributed by atoms with Gasteiger partial charge in [-0.2, -0.15) is 0 Å². The van der Waals surface area contributed by atoms with Crippen LogP contribution in [0.3, 0.4) is 0 Å². The van der Waals surface area contributed by atoms with Crippen molar-refractivity contribution in [2.45, 2.75) is 12.8 Å². The van der Waals surface area contributed by atoms with Crippen LogP contribution in [0.15, 0.2) is 30.3 Å². The van der Waals surface area contributed by atoms with E-state index in [2.05, 4.69) is 22.6 Å². The summed E-state index contributed by atoms with van der Waals surface area (Å²) in [6.45, 7) is 3.64. The molecular weight excluding hydrogens is 238 g/mol. The first-order valence-electron chi connectivity index (χ1n) is 6.98. The van der Waals surface area contributed by atoms with Gasteiger partial charge in [0.05, 0.1) is 6.54 Å². The fourth-order valence-electron chi connectivity index (χ4n) is 2.56. The van der Waals surface area contributed by atoms with Gasteiger partial charge < -0.3 is 15.5 Å². The van der Waals surface area contributed by atoms with Crippen LogP contribution in [0.1, 0.15) is 12.8 Å². The quantitative estimate of drug-likeness (QED) is 0.845. The largest absolute Gasteiger partial charge is 0.325 e. The molecule has 0 saturated carbocycles. The number of amides is 1. The van der Waals surface area contributed by atoms with E-state index in [0.29, 0.717) is 12.5 Å². The van der Waals surface area contributed by atoms with Gasteiger partial charge in [0.1, 0.15) is 0 Å². The third kappa shape index (κ3) is 5.01. The average molecular weight is 261 g/mol. The molecule has 0 bridgehead atoms. The maximum atomic E-state index is 11.7. The molecule has 1 atom stereocenters. The molecule has 0 aliphatic carbocycles. The molecule has 19 heavy (non-hydrogen) atoms. The highest BCUT2D eigenvalue weighted by molar-refractivity contribution is 5.92. The maximum absolute atomic E-state index is 11.7. The first kappa shape index (κ1) is 14.0. The lowest BCUT2D eigenvalue weighted by Crippen LogP contribution is -2.39. The predicted octanol–water partition coefficient (Wildman–Crippen LogP) is 1.56. The van der Waals surface area contributed by atoms with Crippen molar-refractivity contribution in [3.05, 3.63) is 30.3 Å². The molecule has 1 amide bonds. The molecule has 1 aromatic rings. The van der Waals surface area contributed by atoms with E-state index in [1.54, 1.807) is 0 Å². The number of rotatable bonds is 5. The van der Waals surface area contributed by atoms with Gasteiger partial charge in [-0.05, 0) is 51.0 Å². The molecule has 2 rings (SSSR count). The van der Waals surface area contributed by atoms with Gasteiger partial charge in [0.25, 0.3) is 0 Å². The normalized spacial score (nSPS) is 20.2. The fourth-order valence-corrected chi connectivity index (χ4v) is 2.56. The topological polar surface area (TPSA) is 44.4 Å². The van der Waals surface area contributed by atoms with E-state index in [9.17, 15) is 4.79 Å². The monoisotopic (exact) mass is 261 g/mol. The van der Waals surface area contributed by atoms with Crippen LogP contribution in [0.2, 0.25) is 0 Å². The van der Waals surface area contributed by atoms with Gasteiger partial charge in [-0.1, -0.05) is 18.2 Å². The zero-order chi connectivity index (χ0) is 13.5. The first-order chi connectivity index (χ1) is 9.24. The Morgan fingerprint density at radius 2 is 2.16 bits per heavy atom. The van der Waals surface area contributed by atoms with Gasteiger partial charge in [-0.25, -0.2) is 0 Å². The molecule has 0 radical (unpaired) electrons. The summed E-state index contributed by atoms with van der Waals surface area (Å²) < 4.78 is 0. The molecule has 1 saturated heterocycles. The predicted molar refractivity (Wildman–Crippen MR) is 78.2 cm³/mol. The Bertz CT molecular complexity index is 394. The van der Waals surface area contributed by atoms with Crippen LogP contribution in [-0.2, 0) is 4.79 Å². The number of benzene rings is 1. The number of hydrogen-bond acceptors (Lipinski definition) is 3. The molecule has 1 fully saturated rings. The van der Waals surface area contributed by atoms with E-state index >= 15 is 0 Å². The van der Waals surface area contributed by atoms with E-state index in [0.717, 1.165) is 18.8 Å². The van der Waals surface area contributed by atoms with E-state index in [4.69, 9.17) is 0 Å². The Balaban J connectivity index is 1.64. The number of nitrogens with zero attached hydrogens (tertiary/aromatic N) is 1. The molecule has 1 heterocycles. The smallest absolute Gasteiger partial charge is 0.238 e. The molecule has 2 N–H and O–H groups in total. The number of piperidine rings is 1. The lowest BCUT2D eigenvalue weighted by molar-refractivity contribution is -0.115. The second-order valence-corrected chi connectivity index (χ2v) is 5.32. The fraction of sp³-hybridized carbons (Fsp3) is 0.533. The summed E-state index contributed by atoms with van der Waals surface area (Å²) in [5.41, 5.74) is 0.853. The van der Waals surface area contributed by atoms with Crippen molar-refractivity contribution in [3.8, 4) is 0 Å². The number of para-hydroxylation sites is 1. The van der Waals surface area contributed by atoms with Crippen LogP contribution in [0.4, 0.5) is 5.69 Å². The van der Waals surface area contributed by atoms with Gasteiger partial charge in [0, 0.05) is 12.2 Å². The second-order valence-electron chi connectivity index (χ2n) is 5.32. The van der Waals surface area contributed by atoms with Crippen molar-refractivity contribution in [1.29, 1.82) is 0 Å². The summed E-state index contributed by atoms with van der Waals surface area (Å²) in [6.07, 6.45) is 2.52. The Kier molecular flexibility index (Phi) is 5.36. The van der Waals surface area contributed by atoms with Gasteiger partial charge >= 0.3 is 0 Å². The van der Waals surface area contributed by atoms with E-state index in [-0.39, 0.29) is 5.91 Å². The number of likely N-dealkylation sites (tertiary alicyclic amines) is 1. The summed E-state index contributed by atoms with van der Waals surface area (Å²) >= 11 is 0. The zero-order valence-corrected chi connectivity index (χ0v) is 11.6. The van der Waals surface area contributed by atoms with Crippen molar-refractivity contribution in [2.75, 3.05) is 38.5 Å². The Hall–Kier alpha value is -1.39. The Morgan fingerprint density at radius 3 is 2.89 bits per heavy atom. The van der Waals surface area contributed by atoms with Crippen LogP contribution in [-0.4, -0.2) is 44.0 Å². The highest BCUT2D eigenvalue weighted by atomic mass is 16.1. The van der Waals surface area contributed by atoms with Crippen LogP contribution in [0.25, 0.3) is 0 Å². The molecule has 104 valence electrons. The summed E-state index contributed by atoms with van der Waals surface area (Å²) in [5.74, 6) is 0.693. The van der Waals surface area contributed by atoms with E-state index < -0.39 is 0 Å². The maximum Gasteiger partial charge on any atom is 0.238 e. The van der Waals surface area contributed by atoms with Crippen molar-refractivity contribution in [3.63, 3.8) is 0 Å². The number of nitrogens with one attached hydrogen (secondary N) is 2. The standard InChI is InChI=1S/C15H23N3O/c1-18-9-5-6-13(12-18)10-16-11-15(19)17-14-7-3-2-4-8-14/h2-4,7-8,13,16H,5-6,9-12H2,1H3,(H,17,19). The van der Waals surface area contributed by atoms with Gasteiger partial charge in [-0.3, -0.25) is 4.79 Å². The number of anilines is 1. The lowest BCUT2D eigenvalue weighted by Gasteiger charge is -2.29. The molecule has 0 aromatic heterocycles. The summed E-state index contributed by atoms with van der Waals surface area (Å²) in [5, 5.41) is 6.13. The molecule has 4 heteroatoms. The van der Waals surface area contributed by atoms with Crippen LogP contribution in [0.5, 0.6) is 0 Å². The summed E-state index contributed by atoms with van der Waals surface area (Å²) in [4.78, 5) is 14.1. The minimum absolute atomic E-state index is 0.0235. The first-order valence-corrected chi connectivity index (χ1v) is 6.98. The van der Waals surface area contributed by atoms with Gasteiger partial charge in [0.2, 0.25) is 5.91 Å². The van der Waals surface area contributed by atoms with Crippen LogP contribution in [0, 0.1) is 5.92 Å². The van der Waals surface area contributed by atoms with Crippen molar-refractivity contribution in [2.24, 2.45) is 5.92 Å². The van der Waals surface area contributed by atoms with Crippen LogP contribution < -0.4 is 10.6 Å². The van der Waals surface area contributed by atoms with Crippen molar-refractivity contribution < 1.29 is 4.79 Å². The van der Waals surface area contributed by atoms with Crippen molar-refractivity contribution >= 4 is 11.6 Å².